The maximum absolute atomic E-state index is 4.58. The van der Waals surface area contributed by atoms with Crippen molar-refractivity contribution in [2.24, 2.45) is 0 Å². The predicted octanol–water partition coefficient (Wildman–Crippen LogP) is 3.76. The molecule has 0 saturated carbocycles. The number of rotatable bonds is 3. The Labute approximate surface area is 135 Å². The Hall–Kier alpha value is -2.69. The summed E-state index contributed by atoms with van der Waals surface area (Å²) >= 11 is 0. The van der Waals surface area contributed by atoms with Crippen LogP contribution in [0.15, 0.2) is 48.8 Å². The molecule has 0 radical (unpaired) electrons. The van der Waals surface area contributed by atoms with Gasteiger partial charge in [0.2, 0.25) is 0 Å². The van der Waals surface area contributed by atoms with Gasteiger partial charge in [0.05, 0.1) is 29.1 Å². The van der Waals surface area contributed by atoms with Crippen molar-refractivity contribution in [3.05, 3.63) is 48.8 Å². The van der Waals surface area contributed by atoms with Crippen LogP contribution in [-0.4, -0.2) is 28.0 Å². The van der Waals surface area contributed by atoms with Gasteiger partial charge in [-0.05, 0) is 43.5 Å². The first-order chi connectivity index (χ1) is 11.4. The number of fused-ring (bicyclic) bond motifs is 1. The highest BCUT2D eigenvalue weighted by atomic mass is 15.2. The quantitative estimate of drug-likeness (QED) is 0.798. The van der Waals surface area contributed by atoms with Crippen LogP contribution in [-0.2, 0) is 0 Å². The van der Waals surface area contributed by atoms with Gasteiger partial charge < -0.3 is 10.2 Å². The van der Waals surface area contributed by atoms with Gasteiger partial charge in [-0.25, -0.2) is 9.97 Å². The summed E-state index contributed by atoms with van der Waals surface area (Å²) < 4.78 is 0. The molecule has 1 saturated heterocycles. The Bertz CT molecular complexity index is 794. The number of hydrogen-bond acceptors (Lipinski definition) is 5. The summed E-state index contributed by atoms with van der Waals surface area (Å²) in [4.78, 5) is 15.9. The first-order valence-corrected chi connectivity index (χ1v) is 8.08. The molecule has 5 nitrogen and oxygen atoms in total. The van der Waals surface area contributed by atoms with Crippen molar-refractivity contribution < 1.29 is 0 Å². The number of anilines is 3. The van der Waals surface area contributed by atoms with E-state index in [2.05, 4.69) is 31.2 Å². The number of pyridine rings is 1. The predicted molar refractivity (Wildman–Crippen MR) is 93.1 cm³/mol. The molecule has 0 amide bonds. The number of hydrogen-bond donors (Lipinski definition) is 1. The molecule has 3 heterocycles. The van der Waals surface area contributed by atoms with Crippen LogP contribution >= 0.6 is 0 Å². The fourth-order valence-corrected chi connectivity index (χ4v) is 2.94. The molecule has 0 atom stereocenters. The van der Waals surface area contributed by atoms with E-state index in [4.69, 9.17) is 0 Å². The molecule has 1 fully saturated rings. The first kappa shape index (κ1) is 13.9. The topological polar surface area (TPSA) is 53.9 Å². The van der Waals surface area contributed by atoms with E-state index in [1.54, 1.807) is 6.20 Å². The number of benzene rings is 1. The van der Waals surface area contributed by atoms with Crippen LogP contribution in [0.4, 0.5) is 17.3 Å². The normalized spacial score (nSPS) is 14.9. The molecule has 1 aliphatic heterocycles. The van der Waals surface area contributed by atoms with Crippen molar-refractivity contribution >= 4 is 28.4 Å². The zero-order valence-corrected chi connectivity index (χ0v) is 12.9. The highest BCUT2D eigenvalue weighted by Gasteiger charge is 2.11. The van der Waals surface area contributed by atoms with Crippen LogP contribution < -0.4 is 10.2 Å². The van der Waals surface area contributed by atoms with Crippen LogP contribution in [0.3, 0.4) is 0 Å². The molecule has 0 unspecified atom stereocenters. The van der Waals surface area contributed by atoms with Crippen molar-refractivity contribution in [3.8, 4) is 0 Å². The molecule has 3 aromatic rings. The lowest BCUT2D eigenvalue weighted by atomic mass is 10.1. The van der Waals surface area contributed by atoms with Crippen molar-refractivity contribution in [2.75, 3.05) is 23.3 Å². The summed E-state index contributed by atoms with van der Waals surface area (Å²) in [5.74, 6) is 1.79. The fraction of sp³-hybridized carbons (Fsp3) is 0.278. The van der Waals surface area contributed by atoms with Crippen molar-refractivity contribution in [1.29, 1.82) is 0 Å². The molecule has 4 rings (SSSR count). The largest absolute Gasteiger partial charge is 0.357 e. The van der Waals surface area contributed by atoms with E-state index in [9.17, 15) is 0 Å². The Balaban J connectivity index is 1.51. The lowest BCUT2D eigenvalue weighted by molar-refractivity contribution is 0.573. The van der Waals surface area contributed by atoms with E-state index in [1.165, 1.54) is 19.3 Å². The molecule has 1 N–H and O–H groups in total. The minimum atomic E-state index is 0.733. The molecule has 2 aromatic heterocycles. The average molecular weight is 305 g/mol. The monoisotopic (exact) mass is 305 g/mol. The molecule has 0 spiro atoms. The van der Waals surface area contributed by atoms with Gasteiger partial charge in [-0.15, -0.1) is 0 Å². The summed E-state index contributed by atoms with van der Waals surface area (Å²) in [5.41, 5.74) is 2.71. The third kappa shape index (κ3) is 3.08. The smallest absolute Gasteiger partial charge is 0.149 e. The van der Waals surface area contributed by atoms with Gasteiger partial charge in [-0.1, -0.05) is 12.1 Å². The first-order valence-electron chi connectivity index (χ1n) is 8.08. The Morgan fingerprint density at radius 3 is 2.43 bits per heavy atom. The van der Waals surface area contributed by atoms with Crippen molar-refractivity contribution in [1.82, 2.24) is 15.0 Å². The van der Waals surface area contributed by atoms with Crippen molar-refractivity contribution in [3.63, 3.8) is 0 Å². The number of para-hydroxylation sites is 2. The molecule has 0 aliphatic carbocycles. The second-order valence-electron chi connectivity index (χ2n) is 5.82. The van der Waals surface area contributed by atoms with Gasteiger partial charge in [0.15, 0.2) is 0 Å². The number of aromatic nitrogens is 3. The maximum Gasteiger partial charge on any atom is 0.149 e. The SMILES string of the molecule is c1ccc2nc(Nc3ccc(N4CCCCC4)nc3)cnc2c1. The van der Waals surface area contributed by atoms with Gasteiger partial charge in [-0.2, -0.15) is 0 Å². The molecular weight excluding hydrogens is 286 g/mol. The van der Waals surface area contributed by atoms with Crippen LogP contribution in [0.2, 0.25) is 0 Å². The highest BCUT2D eigenvalue weighted by Crippen LogP contribution is 2.21. The molecule has 1 aliphatic rings. The number of nitrogens with one attached hydrogen (secondary N) is 1. The van der Waals surface area contributed by atoms with Crippen LogP contribution in [0, 0.1) is 0 Å². The van der Waals surface area contributed by atoms with Gasteiger partial charge in [-0.3, -0.25) is 4.98 Å². The van der Waals surface area contributed by atoms with E-state index in [0.717, 1.165) is 41.4 Å². The van der Waals surface area contributed by atoms with Crippen molar-refractivity contribution in [2.45, 2.75) is 19.3 Å². The lowest BCUT2D eigenvalue weighted by Crippen LogP contribution is -2.29. The van der Waals surface area contributed by atoms with Gasteiger partial charge in [0, 0.05) is 13.1 Å². The second-order valence-corrected chi connectivity index (χ2v) is 5.82. The summed E-state index contributed by atoms with van der Waals surface area (Å²) in [6.45, 7) is 2.21. The molecule has 116 valence electrons. The molecule has 0 bridgehead atoms. The number of piperidine rings is 1. The zero-order chi connectivity index (χ0) is 15.5. The highest BCUT2D eigenvalue weighted by molar-refractivity contribution is 5.76. The van der Waals surface area contributed by atoms with Gasteiger partial charge in [0.1, 0.15) is 11.6 Å². The Kier molecular flexibility index (Phi) is 3.76. The zero-order valence-electron chi connectivity index (χ0n) is 12.9. The van der Waals surface area contributed by atoms with Crippen LogP contribution in [0.5, 0.6) is 0 Å². The minimum Gasteiger partial charge on any atom is -0.357 e. The molecular formula is C18H19N5. The lowest BCUT2D eigenvalue weighted by Gasteiger charge is -2.27. The van der Waals surface area contributed by atoms with E-state index in [0.29, 0.717) is 0 Å². The van der Waals surface area contributed by atoms with Gasteiger partial charge >= 0.3 is 0 Å². The molecule has 23 heavy (non-hydrogen) atoms. The number of nitrogens with zero attached hydrogens (tertiary/aromatic N) is 4. The van der Waals surface area contributed by atoms with E-state index < -0.39 is 0 Å². The van der Waals surface area contributed by atoms with E-state index in [1.807, 2.05) is 36.5 Å². The van der Waals surface area contributed by atoms with Gasteiger partial charge in [0.25, 0.3) is 0 Å². The van der Waals surface area contributed by atoms with E-state index in [-0.39, 0.29) is 0 Å². The molecule has 1 aromatic carbocycles. The Morgan fingerprint density at radius 2 is 1.65 bits per heavy atom. The van der Waals surface area contributed by atoms with Crippen LogP contribution in [0.1, 0.15) is 19.3 Å². The average Bonchev–Trinajstić information content (AvgIpc) is 2.63. The molecule has 5 heteroatoms. The minimum absolute atomic E-state index is 0.733. The third-order valence-electron chi connectivity index (χ3n) is 4.15. The summed E-state index contributed by atoms with van der Waals surface area (Å²) in [6, 6.07) is 12.0. The standard InChI is InChI=1S/C18H19N5/c1-4-10-23(11-5-1)18-9-8-14(12-20-18)21-17-13-19-15-6-2-3-7-16(15)22-17/h2-3,6-9,12-13H,1,4-5,10-11H2,(H,21,22). The summed E-state index contributed by atoms with van der Waals surface area (Å²) in [5, 5.41) is 3.27. The summed E-state index contributed by atoms with van der Waals surface area (Å²) in [7, 11) is 0. The third-order valence-corrected chi connectivity index (χ3v) is 4.15. The Morgan fingerprint density at radius 1 is 0.826 bits per heavy atom. The van der Waals surface area contributed by atoms with Crippen LogP contribution in [0.25, 0.3) is 11.0 Å². The summed E-state index contributed by atoms with van der Waals surface area (Å²) in [6.07, 6.45) is 7.46. The second kappa shape index (κ2) is 6.20. The fourth-order valence-electron chi connectivity index (χ4n) is 2.94. The maximum atomic E-state index is 4.58. The van der Waals surface area contributed by atoms with E-state index >= 15 is 0 Å².